The maximum Gasteiger partial charge on any atom is 0.326 e. The maximum atomic E-state index is 13.6. The highest BCUT2D eigenvalue weighted by molar-refractivity contribution is 9.10. The van der Waals surface area contributed by atoms with Gasteiger partial charge in [0.2, 0.25) is 11.8 Å². The highest BCUT2D eigenvalue weighted by Gasteiger charge is 2.32. The number of likely N-dealkylation sites (tertiary alicyclic amines) is 1. The Balaban J connectivity index is 1.86. The number of aromatic nitrogens is 1. The van der Waals surface area contributed by atoms with E-state index in [1.54, 1.807) is 4.90 Å². The van der Waals surface area contributed by atoms with Gasteiger partial charge in [-0.15, -0.1) is 0 Å². The van der Waals surface area contributed by atoms with Gasteiger partial charge in [0.05, 0.1) is 4.60 Å². The number of amides is 4. The highest BCUT2D eigenvalue weighted by atomic mass is 79.9. The molecule has 3 rings (SSSR count). The molecular weight excluding hydrogens is 566 g/mol. The van der Waals surface area contributed by atoms with Gasteiger partial charge in [-0.05, 0) is 59.2 Å². The number of carbonyl (C=O) groups excluding carboxylic acids is 3. The van der Waals surface area contributed by atoms with Crippen molar-refractivity contribution < 1.29 is 24.3 Å². The fraction of sp³-hybridized carbons (Fsp3) is 0.571. The van der Waals surface area contributed by atoms with E-state index in [0.29, 0.717) is 30.5 Å². The van der Waals surface area contributed by atoms with Gasteiger partial charge in [-0.2, -0.15) is 0 Å². The number of aliphatic carboxylic acids is 1. The molecule has 2 aromatic rings. The summed E-state index contributed by atoms with van der Waals surface area (Å²) in [5.74, 6) is -2.07. The molecule has 1 aromatic carbocycles. The number of carboxylic acid groups (broad SMARTS) is 1. The summed E-state index contributed by atoms with van der Waals surface area (Å²) in [6.45, 7) is 7.16. The van der Waals surface area contributed by atoms with E-state index in [-0.39, 0.29) is 24.8 Å². The number of nitrogens with zero attached hydrogens (tertiary/aromatic N) is 1. The quantitative estimate of drug-likeness (QED) is 0.235. The van der Waals surface area contributed by atoms with Crippen molar-refractivity contribution in [2.45, 2.75) is 83.8 Å². The minimum absolute atomic E-state index is 0.111. The Kier molecular flexibility index (Phi) is 11.2. The number of hydrogen-bond acceptors (Lipinski definition) is 4. The smallest absolute Gasteiger partial charge is 0.326 e. The Bertz CT molecular complexity index is 1160. The van der Waals surface area contributed by atoms with Crippen LogP contribution in [0, 0.1) is 5.92 Å². The average Bonchev–Trinajstić information content (AvgIpc) is 3.53. The number of hydrogen-bond donors (Lipinski definition) is 5. The van der Waals surface area contributed by atoms with Crippen LogP contribution in [0.25, 0.3) is 10.9 Å². The van der Waals surface area contributed by atoms with Crippen molar-refractivity contribution in [3.05, 3.63) is 34.4 Å². The second-order valence-corrected chi connectivity index (χ2v) is 11.4. The number of aromatic amines is 1. The summed E-state index contributed by atoms with van der Waals surface area (Å²) < 4.78 is 0.678. The van der Waals surface area contributed by atoms with E-state index >= 15 is 0 Å². The number of fused-ring (bicyclic) bond motifs is 1. The molecule has 0 saturated carbocycles. The second-order valence-electron chi connectivity index (χ2n) is 10.6. The number of halogens is 1. The summed E-state index contributed by atoms with van der Waals surface area (Å²) in [7, 11) is 0. The number of rotatable bonds is 13. The molecule has 4 amide bonds. The Labute approximate surface area is 237 Å². The van der Waals surface area contributed by atoms with Gasteiger partial charge in [0, 0.05) is 30.4 Å². The summed E-state index contributed by atoms with van der Waals surface area (Å²) in [4.78, 5) is 56.6. The Morgan fingerprint density at radius 1 is 1.00 bits per heavy atom. The number of carbonyl (C=O) groups is 4. The molecule has 0 bridgehead atoms. The van der Waals surface area contributed by atoms with Crippen LogP contribution in [0.1, 0.15) is 64.9 Å². The van der Waals surface area contributed by atoms with E-state index in [0.717, 1.165) is 35.7 Å². The molecule has 0 aliphatic carbocycles. The number of nitrogens with one attached hydrogen (secondary N) is 4. The normalized spacial score (nSPS) is 15.7. The predicted molar refractivity (Wildman–Crippen MR) is 153 cm³/mol. The van der Waals surface area contributed by atoms with Crippen molar-refractivity contribution in [1.82, 2.24) is 25.8 Å². The molecule has 214 valence electrons. The second kappa shape index (κ2) is 14.3. The van der Waals surface area contributed by atoms with Gasteiger partial charge in [-0.25, -0.2) is 9.59 Å². The van der Waals surface area contributed by atoms with Gasteiger partial charge >= 0.3 is 12.0 Å². The average molecular weight is 607 g/mol. The molecule has 1 saturated heterocycles. The summed E-state index contributed by atoms with van der Waals surface area (Å²) in [6.07, 6.45) is 4.09. The van der Waals surface area contributed by atoms with Gasteiger partial charge in [0.25, 0.3) is 0 Å². The molecule has 1 aliphatic rings. The molecule has 0 spiro atoms. The third-order valence-corrected chi connectivity index (χ3v) is 7.66. The van der Waals surface area contributed by atoms with E-state index in [9.17, 15) is 24.3 Å². The first-order chi connectivity index (χ1) is 18.6. The molecular formula is C28H40BrN5O5. The van der Waals surface area contributed by atoms with Gasteiger partial charge in [-0.3, -0.25) is 9.59 Å². The molecule has 2 heterocycles. The first-order valence-corrected chi connectivity index (χ1v) is 14.5. The molecule has 2 unspecified atom stereocenters. The molecule has 39 heavy (non-hydrogen) atoms. The van der Waals surface area contributed by atoms with Crippen molar-refractivity contribution >= 4 is 50.6 Å². The zero-order valence-electron chi connectivity index (χ0n) is 22.9. The summed E-state index contributed by atoms with van der Waals surface area (Å²) >= 11 is 3.54. The SMILES string of the molecule is CCCCC(NC(=O)[C@@H](Cc1c(Br)[nH]c2ccccc12)NC(=O)C(CC(C)C)NC(=O)N1CCCC1)C(=O)O. The monoisotopic (exact) mass is 605 g/mol. The van der Waals surface area contributed by atoms with Crippen LogP contribution in [-0.2, 0) is 20.8 Å². The van der Waals surface area contributed by atoms with Crippen LogP contribution in [0.3, 0.4) is 0 Å². The van der Waals surface area contributed by atoms with Crippen LogP contribution < -0.4 is 16.0 Å². The van der Waals surface area contributed by atoms with Crippen molar-refractivity contribution in [3.8, 4) is 0 Å². The van der Waals surface area contributed by atoms with E-state index in [4.69, 9.17) is 0 Å². The van der Waals surface area contributed by atoms with E-state index in [1.807, 2.05) is 45.0 Å². The maximum absolute atomic E-state index is 13.6. The number of benzene rings is 1. The standard InChI is InChI=1S/C28H40BrN5O5/c1-4-5-11-21(27(37)38)31-26(36)23(16-19-18-10-6-7-12-20(18)30-24(19)29)32-25(35)22(15-17(2)3)33-28(39)34-13-8-9-14-34/h6-7,10,12,17,21-23,30H,4-5,8-9,11,13-16H2,1-3H3,(H,31,36)(H,32,35)(H,33,39)(H,37,38)/t21?,22?,23-/m1/s1. The number of H-pyrrole nitrogens is 1. The lowest BCUT2D eigenvalue weighted by Gasteiger charge is -2.27. The number of unbranched alkanes of at least 4 members (excludes halogenated alkanes) is 1. The Morgan fingerprint density at radius 3 is 2.28 bits per heavy atom. The molecule has 1 fully saturated rings. The zero-order chi connectivity index (χ0) is 28.5. The number of carboxylic acids is 1. The first-order valence-electron chi connectivity index (χ1n) is 13.7. The summed E-state index contributed by atoms with van der Waals surface area (Å²) in [5, 5.41) is 18.9. The van der Waals surface area contributed by atoms with Crippen molar-refractivity contribution in [2.24, 2.45) is 5.92 Å². The Morgan fingerprint density at radius 2 is 1.64 bits per heavy atom. The molecule has 1 aliphatic heterocycles. The highest BCUT2D eigenvalue weighted by Crippen LogP contribution is 2.27. The van der Waals surface area contributed by atoms with E-state index in [1.165, 1.54) is 0 Å². The lowest BCUT2D eigenvalue weighted by atomic mass is 10.0. The Hall–Kier alpha value is -3.08. The third-order valence-electron chi connectivity index (χ3n) is 6.98. The van der Waals surface area contributed by atoms with Crippen LogP contribution in [-0.4, -0.2) is 70.0 Å². The number of urea groups is 1. The van der Waals surface area contributed by atoms with Gasteiger partial charge < -0.3 is 30.9 Å². The summed E-state index contributed by atoms with van der Waals surface area (Å²) in [5.41, 5.74) is 1.65. The molecule has 1 aromatic heterocycles. The van der Waals surface area contributed by atoms with Crippen LogP contribution in [0.5, 0.6) is 0 Å². The van der Waals surface area contributed by atoms with E-state index < -0.39 is 35.9 Å². The lowest BCUT2D eigenvalue weighted by molar-refractivity contribution is -0.142. The predicted octanol–water partition coefficient (Wildman–Crippen LogP) is 3.94. The van der Waals surface area contributed by atoms with Gasteiger partial charge in [0.1, 0.15) is 18.1 Å². The fourth-order valence-electron chi connectivity index (χ4n) is 4.85. The first kappa shape index (κ1) is 30.5. The summed E-state index contributed by atoms with van der Waals surface area (Å²) in [6, 6.07) is 4.36. The van der Waals surface area contributed by atoms with Gasteiger partial charge in [0.15, 0.2) is 0 Å². The lowest BCUT2D eigenvalue weighted by Crippen LogP contribution is -2.57. The van der Waals surface area contributed by atoms with Crippen molar-refractivity contribution in [2.75, 3.05) is 13.1 Å². The zero-order valence-corrected chi connectivity index (χ0v) is 24.5. The number of para-hydroxylation sites is 1. The van der Waals surface area contributed by atoms with E-state index in [2.05, 4.69) is 36.9 Å². The van der Waals surface area contributed by atoms with Crippen molar-refractivity contribution in [3.63, 3.8) is 0 Å². The molecule has 10 nitrogen and oxygen atoms in total. The molecule has 5 N–H and O–H groups in total. The third kappa shape index (κ3) is 8.45. The molecule has 0 radical (unpaired) electrons. The minimum Gasteiger partial charge on any atom is -0.480 e. The van der Waals surface area contributed by atoms with Crippen LogP contribution >= 0.6 is 15.9 Å². The minimum atomic E-state index is -1.12. The largest absolute Gasteiger partial charge is 0.480 e. The molecule has 3 atom stereocenters. The van der Waals surface area contributed by atoms with Crippen LogP contribution in [0.15, 0.2) is 28.9 Å². The van der Waals surface area contributed by atoms with Gasteiger partial charge in [-0.1, -0.05) is 51.8 Å². The van der Waals surface area contributed by atoms with Crippen LogP contribution in [0.2, 0.25) is 0 Å². The molecule has 11 heteroatoms. The fourth-order valence-corrected chi connectivity index (χ4v) is 5.44. The van der Waals surface area contributed by atoms with Crippen molar-refractivity contribution in [1.29, 1.82) is 0 Å². The van der Waals surface area contributed by atoms with Crippen LogP contribution in [0.4, 0.5) is 4.79 Å². The topological polar surface area (TPSA) is 144 Å².